The largest absolute Gasteiger partial charge is 0.507 e. The minimum Gasteiger partial charge on any atom is -0.507 e. The monoisotopic (exact) mass is 454 g/mol. The van der Waals surface area contributed by atoms with Crippen molar-refractivity contribution in [3.05, 3.63) is 93.6 Å². The van der Waals surface area contributed by atoms with Gasteiger partial charge in [-0.25, -0.2) is 4.79 Å². The van der Waals surface area contributed by atoms with Crippen LogP contribution in [0.5, 0.6) is 11.5 Å². The summed E-state index contributed by atoms with van der Waals surface area (Å²) in [5, 5.41) is 20.2. The highest BCUT2D eigenvalue weighted by Gasteiger charge is 2.23. The average molecular weight is 455 g/mol. The average Bonchev–Trinajstić information content (AvgIpc) is 3.01. The number of hydrogen-bond acceptors (Lipinski definition) is 4. The standard InChI is InChI=1S/C25H25ClO4.C2H6/c1-16-6-5-7-17(11-10-16)14-19-9-4-3-8-18(19)12-13-20-23(25(29)30-2)21(27)15-22(28)24(20)26;1-2/h3-11,15-16,27-28H,12-14H2,1-2H3;1-2H3. The number of rotatable bonds is 6. The number of allylic oxidation sites excluding steroid dienone is 6. The molecular formula is C27H31ClO4. The SMILES string of the molecule is CC.COC(=O)c1c(O)cc(O)c(Cl)c1CCc1ccccc1CC1=CC=CC(C)C=C1. The molecule has 0 amide bonds. The van der Waals surface area contributed by atoms with Gasteiger partial charge in [-0.3, -0.25) is 0 Å². The van der Waals surface area contributed by atoms with Gasteiger partial charge in [0.05, 0.1) is 12.1 Å². The van der Waals surface area contributed by atoms with Crippen LogP contribution in [0.15, 0.2) is 66.3 Å². The molecule has 0 fully saturated rings. The lowest BCUT2D eigenvalue weighted by molar-refractivity contribution is 0.0596. The summed E-state index contributed by atoms with van der Waals surface area (Å²) in [6.07, 6.45) is 12.4. The number of phenolic OH excluding ortho intramolecular Hbond substituents is 2. The fourth-order valence-electron chi connectivity index (χ4n) is 3.57. The molecule has 170 valence electrons. The Morgan fingerprint density at radius 1 is 1.06 bits per heavy atom. The molecule has 0 spiro atoms. The van der Waals surface area contributed by atoms with Crippen molar-refractivity contribution in [1.29, 1.82) is 0 Å². The van der Waals surface area contributed by atoms with Gasteiger partial charge < -0.3 is 14.9 Å². The maximum atomic E-state index is 12.2. The number of phenols is 2. The fourth-order valence-corrected chi connectivity index (χ4v) is 3.81. The number of aromatic hydroxyl groups is 2. The Bertz CT molecular complexity index is 1030. The van der Waals surface area contributed by atoms with E-state index in [1.165, 1.54) is 18.2 Å². The first-order chi connectivity index (χ1) is 15.4. The van der Waals surface area contributed by atoms with Crippen molar-refractivity contribution in [1.82, 2.24) is 0 Å². The van der Waals surface area contributed by atoms with E-state index < -0.39 is 5.97 Å². The number of hydrogen-bond donors (Lipinski definition) is 2. The van der Waals surface area contributed by atoms with Crippen molar-refractivity contribution in [3.8, 4) is 11.5 Å². The van der Waals surface area contributed by atoms with Crippen LogP contribution in [-0.4, -0.2) is 23.3 Å². The summed E-state index contributed by atoms with van der Waals surface area (Å²) in [6.45, 7) is 6.14. The van der Waals surface area contributed by atoms with Gasteiger partial charge in [-0.2, -0.15) is 0 Å². The molecule has 2 N–H and O–H groups in total. The molecule has 0 bridgehead atoms. The Morgan fingerprint density at radius 3 is 2.44 bits per heavy atom. The van der Waals surface area contributed by atoms with Crippen LogP contribution < -0.4 is 0 Å². The molecule has 1 aliphatic carbocycles. The Morgan fingerprint density at radius 2 is 1.75 bits per heavy atom. The van der Waals surface area contributed by atoms with E-state index in [2.05, 4.69) is 43.4 Å². The molecule has 0 saturated heterocycles. The lowest BCUT2D eigenvalue weighted by Gasteiger charge is -2.15. The van der Waals surface area contributed by atoms with E-state index in [9.17, 15) is 15.0 Å². The first-order valence-corrected chi connectivity index (χ1v) is 11.2. The Balaban J connectivity index is 0.00000176. The van der Waals surface area contributed by atoms with Crippen molar-refractivity contribution >= 4 is 17.6 Å². The molecular weight excluding hydrogens is 424 g/mol. The minimum absolute atomic E-state index is 0.00804. The second-order valence-electron chi connectivity index (χ2n) is 7.36. The van der Waals surface area contributed by atoms with Gasteiger partial charge in [0, 0.05) is 6.07 Å². The zero-order chi connectivity index (χ0) is 23.7. The second kappa shape index (κ2) is 12.2. The third kappa shape index (κ3) is 6.27. The predicted octanol–water partition coefficient (Wildman–Crippen LogP) is 6.58. The molecule has 1 unspecified atom stereocenters. The minimum atomic E-state index is -0.688. The Hall–Kier alpha value is -2.98. The summed E-state index contributed by atoms with van der Waals surface area (Å²) < 4.78 is 4.79. The van der Waals surface area contributed by atoms with Crippen LogP contribution in [0.3, 0.4) is 0 Å². The maximum absolute atomic E-state index is 12.2. The normalized spacial score (nSPS) is 14.8. The molecule has 0 aromatic heterocycles. The van der Waals surface area contributed by atoms with E-state index >= 15 is 0 Å². The first kappa shape index (κ1) is 25.3. The van der Waals surface area contributed by atoms with E-state index in [-0.39, 0.29) is 22.1 Å². The van der Waals surface area contributed by atoms with E-state index in [1.54, 1.807) is 0 Å². The van der Waals surface area contributed by atoms with Crippen LogP contribution >= 0.6 is 11.6 Å². The third-order valence-corrected chi connectivity index (χ3v) is 5.63. The van der Waals surface area contributed by atoms with Crippen molar-refractivity contribution in [2.45, 2.75) is 40.0 Å². The highest BCUT2D eigenvalue weighted by Crippen LogP contribution is 2.37. The molecule has 0 heterocycles. The summed E-state index contributed by atoms with van der Waals surface area (Å²) in [4.78, 5) is 12.2. The summed E-state index contributed by atoms with van der Waals surface area (Å²) in [7, 11) is 1.24. The molecule has 0 saturated carbocycles. The van der Waals surface area contributed by atoms with Crippen LogP contribution in [0.4, 0.5) is 0 Å². The lowest BCUT2D eigenvalue weighted by atomic mass is 9.93. The van der Waals surface area contributed by atoms with E-state index in [4.69, 9.17) is 16.3 Å². The molecule has 4 nitrogen and oxygen atoms in total. The van der Waals surface area contributed by atoms with Crippen LogP contribution in [0, 0.1) is 5.92 Å². The molecule has 3 rings (SSSR count). The molecule has 0 aliphatic heterocycles. The quantitative estimate of drug-likeness (QED) is 0.484. The summed E-state index contributed by atoms with van der Waals surface area (Å²) in [5.41, 5.74) is 3.87. The van der Waals surface area contributed by atoms with E-state index in [0.29, 0.717) is 24.3 Å². The van der Waals surface area contributed by atoms with Crippen LogP contribution in [0.25, 0.3) is 0 Å². The fraction of sp³-hybridized carbons (Fsp3) is 0.296. The zero-order valence-electron chi connectivity index (χ0n) is 19.1. The predicted molar refractivity (Wildman–Crippen MR) is 131 cm³/mol. The van der Waals surface area contributed by atoms with Crippen LogP contribution in [0.2, 0.25) is 5.02 Å². The van der Waals surface area contributed by atoms with Crippen LogP contribution in [-0.2, 0) is 24.0 Å². The highest BCUT2D eigenvalue weighted by atomic mass is 35.5. The first-order valence-electron chi connectivity index (χ1n) is 10.8. The molecule has 32 heavy (non-hydrogen) atoms. The van der Waals surface area contributed by atoms with Gasteiger partial charge in [0.1, 0.15) is 17.1 Å². The van der Waals surface area contributed by atoms with Gasteiger partial charge in [0.25, 0.3) is 0 Å². The number of carbonyl (C=O) groups excluding carboxylic acids is 1. The lowest BCUT2D eigenvalue weighted by Crippen LogP contribution is -2.09. The van der Waals surface area contributed by atoms with Crippen molar-refractivity contribution in [3.63, 3.8) is 0 Å². The molecule has 2 aromatic rings. The second-order valence-corrected chi connectivity index (χ2v) is 7.74. The summed E-state index contributed by atoms with van der Waals surface area (Å²) >= 11 is 6.27. The van der Waals surface area contributed by atoms with Gasteiger partial charge in [0.2, 0.25) is 0 Å². The zero-order valence-corrected chi connectivity index (χ0v) is 19.8. The number of benzene rings is 2. The molecule has 0 radical (unpaired) electrons. The van der Waals surface area contributed by atoms with Gasteiger partial charge in [-0.05, 0) is 47.4 Å². The maximum Gasteiger partial charge on any atom is 0.341 e. The van der Waals surface area contributed by atoms with Crippen LogP contribution in [0.1, 0.15) is 47.8 Å². The molecule has 5 heteroatoms. The van der Waals surface area contributed by atoms with E-state index in [1.807, 2.05) is 32.0 Å². The number of carbonyl (C=O) groups is 1. The van der Waals surface area contributed by atoms with Gasteiger partial charge >= 0.3 is 5.97 Å². The van der Waals surface area contributed by atoms with Crippen molar-refractivity contribution < 1.29 is 19.7 Å². The number of halogens is 1. The summed E-state index contributed by atoms with van der Waals surface area (Å²) in [6, 6.07) is 9.17. The highest BCUT2D eigenvalue weighted by molar-refractivity contribution is 6.33. The smallest absolute Gasteiger partial charge is 0.341 e. The summed E-state index contributed by atoms with van der Waals surface area (Å²) in [5.74, 6) is -0.889. The molecule has 1 atom stereocenters. The van der Waals surface area contributed by atoms with E-state index in [0.717, 1.165) is 18.1 Å². The van der Waals surface area contributed by atoms with Gasteiger partial charge in [0.15, 0.2) is 0 Å². The molecule has 1 aliphatic rings. The Kier molecular flexibility index (Phi) is 9.61. The number of aryl methyl sites for hydroxylation is 1. The number of ether oxygens (including phenoxy) is 1. The van der Waals surface area contributed by atoms with Gasteiger partial charge in [-0.15, -0.1) is 0 Å². The number of esters is 1. The Labute approximate surface area is 195 Å². The van der Waals surface area contributed by atoms with Gasteiger partial charge in [-0.1, -0.05) is 87.0 Å². The van der Waals surface area contributed by atoms with Crippen molar-refractivity contribution in [2.24, 2.45) is 5.92 Å². The van der Waals surface area contributed by atoms with Crippen molar-refractivity contribution in [2.75, 3.05) is 7.11 Å². The number of methoxy groups -OCH3 is 1. The molecule has 2 aromatic carbocycles. The topological polar surface area (TPSA) is 66.8 Å². The third-order valence-electron chi connectivity index (χ3n) is 5.21.